The van der Waals surface area contributed by atoms with Gasteiger partial charge >= 0.3 is 30.0 Å². The third kappa shape index (κ3) is 15.1. The fourth-order valence-corrected chi connectivity index (χ4v) is 2.00. The van der Waals surface area contributed by atoms with Crippen LogP contribution >= 0.6 is 0 Å². The van der Waals surface area contributed by atoms with Gasteiger partial charge in [0.05, 0.1) is 25.7 Å². The van der Waals surface area contributed by atoms with Gasteiger partial charge in [0, 0.05) is 25.7 Å². The highest BCUT2D eigenvalue weighted by Crippen LogP contribution is 2.23. The summed E-state index contributed by atoms with van der Waals surface area (Å²) < 4.78 is 19.4. The number of carbonyl (C=O) groups excluding carboxylic acids is 8. The Kier molecular flexibility index (Phi) is 13.1. The lowest BCUT2D eigenvalue weighted by molar-refractivity contribution is -0.432. The van der Waals surface area contributed by atoms with Gasteiger partial charge in [-0.1, -0.05) is 0 Å². The Morgan fingerprint density at radius 1 is 0.394 bits per heavy atom. The van der Waals surface area contributed by atoms with Crippen molar-refractivity contribution < 1.29 is 57.3 Å². The summed E-state index contributed by atoms with van der Waals surface area (Å²) in [7, 11) is 0. The van der Waals surface area contributed by atoms with Crippen molar-refractivity contribution in [3.63, 3.8) is 0 Å². The highest BCUT2D eigenvalue weighted by molar-refractivity contribution is 5.84. The summed E-state index contributed by atoms with van der Waals surface area (Å²) in [4.78, 5) is 93.3. The summed E-state index contributed by atoms with van der Waals surface area (Å²) in [6, 6.07) is 0. The van der Waals surface area contributed by atoms with Crippen LogP contribution in [0.4, 0.5) is 0 Å². The molecule has 0 aromatic rings. The Labute approximate surface area is 190 Å². The fourth-order valence-electron chi connectivity index (χ4n) is 2.00. The SMILES string of the molecule is CC(=O)CCC(=O)OC(OC(=O)CCC(C)=O)(OC(=O)CCC(C)=O)OC(=O)CCC(C)=O. The van der Waals surface area contributed by atoms with Gasteiger partial charge in [-0.2, -0.15) is 0 Å². The molecule has 0 heterocycles. The fraction of sp³-hybridized carbons (Fsp3) is 0.619. The van der Waals surface area contributed by atoms with Crippen molar-refractivity contribution in [2.75, 3.05) is 0 Å². The largest absolute Gasteiger partial charge is 0.619 e. The number of carbonyl (C=O) groups is 8. The van der Waals surface area contributed by atoms with Gasteiger partial charge in [0.2, 0.25) is 0 Å². The van der Waals surface area contributed by atoms with Gasteiger partial charge in [0.1, 0.15) is 23.1 Å². The molecule has 0 rings (SSSR count). The molecule has 0 amide bonds. The van der Waals surface area contributed by atoms with E-state index in [9.17, 15) is 38.4 Å². The topological polar surface area (TPSA) is 173 Å². The Hall–Kier alpha value is -3.44. The molecule has 0 aromatic carbocycles. The van der Waals surface area contributed by atoms with E-state index in [1.165, 1.54) is 27.7 Å². The van der Waals surface area contributed by atoms with Crippen molar-refractivity contribution in [1.29, 1.82) is 0 Å². The summed E-state index contributed by atoms with van der Waals surface area (Å²) >= 11 is 0. The maximum absolute atomic E-state index is 12.2. The molecular weight excluding hydrogens is 444 g/mol. The van der Waals surface area contributed by atoms with Gasteiger partial charge in [0.25, 0.3) is 0 Å². The summed E-state index contributed by atoms with van der Waals surface area (Å²) in [6.07, 6.45) is -6.52. The van der Waals surface area contributed by atoms with E-state index in [1.807, 2.05) is 0 Å². The second-order valence-electron chi connectivity index (χ2n) is 7.20. The predicted octanol–water partition coefficient (Wildman–Crippen LogP) is 1.25. The van der Waals surface area contributed by atoms with Crippen LogP contribution in [0.2, 0.25) is 0 Å². The van der Waals surface area contributed by atoms with Crippen LogP contribution in [0.3, 0.4) is 0 Å². The maximum atomic E-state index is 12.2. The van der Waals surface area contributed by atoms with Crippen molar-refractivity contribution >= 4 is 47.0 Å². The third-order valence-corrected chi connectivity index (χ3v) is 3.68. The predicted molar refractivity (Wildman–Crippen MR) is 107 cm³/mol. The number of rotatable bonds is 16. The minimum atomic E-state index is -3.30. The second-order valence-corrected chi connectivity index (χ2v) is 7.20. The second kappa shape index (κ2) is 14.6. The van der Waals surface area contributed by atoms with E-state index in [1.54, 1.807) is 0 Å². The summed E-state index contributed by atoms with van der Waals surface area (Å²) in [5.41, 5.74) is 0. The van der Waals surface area contributed by atoms with Crippen molar-refractivity contribution in [2.45, 2.75) is 85.2 Å². The smallest absolute Gasteiger partial charge is 0.352 e. The van der Waals surface area contributed by atoms with E-state index in [0.29, 0.717) is 0 Å². The molecule has 0 aromatic heterocycles. The first-order chi connectivity index (χ1) is 15.2. The van der Waals surface area contributed by atoms with Crippen LogP contribution in [0, 0.1) is 0 Å². The van der Waals surface area contributed by atoms with E-state index < -0.39 is 55.7 Å². The summed E-state index contributed by atoms with van der Waals surface area (Å²) in [5, 5.41) is 0. The zero-order chi connectivity index (χ0) is 25.6. The zero-order valence-electron chi connectivity index (χ0n) is 19.1. The minimum absolute atomic E-state index is 0.274. The van der Waals surface area contributed by atoms with Crippen molar-refractivity contribution in [2.24, 2.45) is 0 Å². The molecule has 0 fully saturated rings. The molecule has 0 N–H and O–H groups in total. The van der Waals surface area contributed by atoms with Gasteiger partial charge in [-0.25, -0.2) is 0 Å². The summed E-state index contributed by atoms with van der Waals surface area (Å²) in [6.45, 7) is 4.80. The lowest BCUT2D eigenvalue weighted by atomic mass is 10.2. The van der Waals surface area contributed by atoms with Crippen molar-refractivity contribution in [3.05, 3.63) is 0 Å². The standard InChI is InChI=1S/C21H28O12/c1-13(22)5-9-17(26)30-21(31-18(27)10-6-14(2)23,32-19(28)11-7-15(3)24)33-20(29)12-8-16(4)25/h5-12H2,1-4H3. The molecule has 33 heavy (non-hydrogen) atoms. The number of hydrogen-bond donors (Lipinski definition) is 0. The maximum Gasteiger partial charge on any atom is 0.619 e. The van der Waals surface area contributed by atoms with Crippen LogP contribution < -0.4 is 0 Å². The molecule has 184 valence electrons. The van der Waals surface area contributed by atoms with Crippen LogP contribution in [0.1, 0.15) is 79.1 Å². The van der Waals surface area contributed by atoms with Gasteiger partial charge in [-0.05, 0) is 27.7 Å². The first kappa shape index (κ1) is 29.6. The van der Waals surface area contributed by atoms with Crippen LogP contribution in [0.25, 0.3) is 0 Å². The van der Waals surface area contributed by atoms with E-state index in [-0.39, 0.29) is 48.8 Å². The van der Waals surface area contributed by atoms with E-state index in [2.05, 4.69) is 0 Å². The average Bonchev–Trinajstić information content (AvgIpc) is 2.67. The van der Waals surface area contributed by atoms with Gasteiger partial charge in [0.15, 0.2) is 0 Å². The van der Waals surface area contributed by atoms with Crippen molar-refractivity contribution in [1.82, 2.24) is 0 Å². The van der Waals surface area contributed by atoms with E-state index in [4.69, 9.17) is 18.9 Å². The first-order valence-electron chi connectivity index (χ1n) is 10.1. The molecule has 0 saturated heterocycles. The summed E-state index contributed by atoms with van der Waals surface area (Å²) in [5.74, 6) is -6.40. The van der Waals surface area contributed by atoms with E-state index >= 15 is 0 Å². The molecule has 0 saturated carbocycles. The molecule has 0 unspecified atom stereocenters. The molecule has 0 radical (unpaired) electrons. The van der Waals surface area contributed by atoms with Gasteiger partial charge in [-0.3, -0.25) is 19.2 Å². The van der Waals surface area contributed by atoms with Crippen LogP contribution in [-0.2, 0) is 57.3 Å². The number of ketones is 4. The third-order valence-electron chi connectivity index (χ3n) is 3.68. The quantitative estimate of drug-likeness (QED) is 0.233. The molecule has 0 atom stereocenters. The van der Waals surface area contributed by atoms with Crippen LogP contribution in [0.5, 0.6) is 0 Å². The first-order valence-corrected chi connectivity index (χ1v) is 10.1. The number of ether oxygens (including phenoxy) is 4. The molecule has 12 heteroatoms. The van der Waals surface area contributed by atoms with Gasteiger partial charge < -0.3 is 38.1 Å². The Bertz CT molecular complexity index is 662. The Morgan fingerprint density at radius 2 is 0.576 bits per heavy atom. The normalized spacial score (nSPS) is 10.5. The lowest BCUT2D eigenvalue weighted by Crippen LogP contribution is -2.48. The Morgan fingerprint density at radius 3 is 0.727 bits per heavy atom. The van der Waals surface area contributed by atoms with Crippen molar-refractivity contribution in [3.8, 4) is 0 Å². The number of hydrogen-bond acceptors (Lipinski definition) is 12. The molecular formula is C21H28O12. The van der Waals surface area contributed by atoms with Crippen LogP contribution in [0.15, 0.2) is 0 Å². The molecule has 0 aliphatic carbocycles. The monoisotopic (exact) mass is 472 g/mol. The minimum Gasteiger partial charge on any atom is -0.352 e. The molecule has 0 spiro atoms. The van der Waals surface area contributed by atoms with Gasteiger partial charge in [-0.15, -0.1) is 0 Å². The molecule has 12 nitrogen and oxygen atoms in total. The highest BCUT2D eigenvalue weighted by atomic mass is 17.0. The molecule has 0 aliphatic heterocycles. The molecule has 0 aliphatic rings. The average molecular weight is 472 g/mol. The zero-order valence-corrected chi connectivity index (χ0v) is 19.1. The number of Topliss-reactive ketones (excluding diaryl/α,β-unsaturated/α-hetero) is 4. The number of esters is 4. The Balaban J connectivity index is 5.88. The lowest BCUT2D eigenvalue weighted by Gasteiger charge is -2.29. The van der Waals surface area contributed by atoms with E-state index in [0.717, 1.165) is 0 Å². The molecule has 0 bridgehead atoms. The highest BCUT2D eigenvalue weighted by Gasteiger charge is 2.49. The van der Waals surface area contributed by atoms with Crippen LogP contribution in [-0.4, -0.2) is 53.2 Å².